The summed E-state index contributed by atoms with van der Waals surface area (Å²) in [6.45, 7) is 0. The summed E-state index contributed by atoms with van der Waals surface area (Å²) in [5, 5.41) is 0. The first-order valence-electron chi connectivity index (χ1n) is 13.1. The third-order valence-corrected chi connectivity index (χ3v) is 29.8. The van der Waals surface area contributed by atoms with E-state index in [9.17, 15) is 0 Å². The van der Waals surface area contributed by atoms with E-state index in [1.165, 1.54) is 103 Å². The van der Waals surface area contributed by atoms with Gasteiger partial charge in [-0.1, -0.05) is 100 Å². The van der Waals surface area contributed by atoms with E-state index in [1.54, 1.807) is 0 Å². The van der Waals surface area contributed by atoms with Gasteiger partial charge in [0.25, 0.3) is 0 Å². The first-order valence-corrected chi connectivity index (χ1v) is 27.5. The number of nitrogens with zero attached hydrogens (tertiary/aromatic N) is 1. The number of rotatable bonds is 0. The predicted molar refractivity (Wildman–Crippen MR) is 229 cm³/mol. The lowest BCUT2D eigenvalue weighted by Gasteiger charge is -2.09. The first kappa shape index (κ1) is 33.3. The van der Waals surface area contributed by atoms with E-state index in [1.807, 2.05) is 165 Å². The Labute approximate surface area is 321 Å². The number of fused-ring (bicyclic) bond motifs is 2. The third kappa shape index (κ3) is 8.23. The summed E-state index contributed by atoms with van der Waals surface area (Å²) >= 11 is 32.5. The molecule has 43 heavy (non-hydrogen) atoms. The van der Waals surface area contributed by atoms with Crippen molar-refractivity contribution in [2.45, 2.75) is 17.9 Å². The van der Waals surface area contributed by atoms with Crippen molar-refractivity contribution < 1.29 is 0 Å². The second-order valence-electron chi connectivity index (χ2n) is 8.91. The van der Waals surface area contributed by atoms with Gasteiger partial charge in [-0.05, 0) is 30.1 Å². The molecule has 8 heterocycles. The molecule has 226 valence electrons. The van der Waals surface area contributed by atoms with Crippen molar-refractivity contribution in [2.24, 2.45) is 0 Å². The molecule has 1 nitrogen and oxygen atoms in total. The van der Waals surface area contributed by atoms with Crippen LogP contribution in [0.25, 0.3) is 0 Å². The molecule has 0 N–H and O–H groups in total. The molecule has 0 fully saturated rings. The monoisotopic (exact) mass is 859 g/mol. The van der Waals surface area contributed by atoms with Gasteiger partial charge < -0.3 is 0 Å². The van der Waals surface area contributed by atoms with Crippen LogP contribution in [0.3, 0.4) is 0 Å². The van der Waals surface area contributed by atoms with Gasteiger partial charge in [0.2, 0.25) is 0 Å². The molecule has 7 aliphatic rings. The fourth-order valence-corrected chi connectivity index (χ4v) is 28.2. The highest BCUT2D eigenvalue weighted by Gasteiger charge is 2.34. The van der Waals surface area contributed by atoms with Crippen molar-refractivity contribution in [3.8, 4) is 0 Å². The van der Waals surface area contributed by atoms with Crippen LogP contribution in [0.4, 0.5) is 0 Å². The summed E-state index contributed by atoms with van der Waals surface area (Å²) in [7, 11) is 0. The number of hydrogen-bond donors (Lipinski definition) is 0. The van der Waals surface area contributed by atoms with Gasteiger partial charge in [-0.25, -0.2) is 0 Å². The van der Waals surface area contributed by atoms with E-state index in [2.05, 4.69) is 41.7 Å². The molecule has 17 heteroatoms. The van der Waals surface area contributed by atoms with Crippen LogP contribution in [0, 0.1) is 0 Å². The van der Waals surface area contributed by atoms with Crippen LogP contribution in [0.2, 0.25) is 0 Å². The predicted octanol–water partition coefficient (Wildman–Crippen LogP) is 14.1. The van der Waals surface area contributed by atoms with Gasteiger partial charge in [0.1, 0.15) is 0 Å². The molecule has 0 unspecified atom stereocenters. The third-order valence-electron chi connectivity index (χ3n) is 5.90. The topological polar surface area (TPSA) is 12.9 Å². The maximum atomic E-state index is 5.12. The molecule has 0 saturated heterocycles. The highest BCUT2D eigenvalue weighted by Crippen LogP contribution is 2.68. The molecular formula is C26H21NS16. The molecule has 0 atom stereocenters. The van der Waals surface area contributed by atoms with Crippen LogP contribution < -0.4 is 0 Å². The fourth-order valence-electron chi connectivity index (χ4n) is 4.03. The highest BCUT2D eigenvalue weighted by molar-refractivity contribution is 8.46. The first-order chi connectivity index (χ1) is 21.2. The van der Waals surface area contributed by atoms with Crippen LogP contribution in [0.5, 0.6) is 0 Å². The molecule has 0 spiro atoms. The van der Waals surface area contributed by atoms with Gasteiger partial charge in [0, 0.05) is 34.5 Å². The Kier molecular flexibility index (Phi) is 12.4. The van der Waals surface area contributed by atoms with E-state index in [0.29, 0.717) is 0 Å². The Balaban J connectivity index is 0.978. The highest BCUT2D eigenvalue weighted by atomic mass is 32.3. The maximum absolute atomic E-state index is 5.12. The van der Waals surface area contributed by atoms with E-state index < -0.39 is 0 Å². The van der Waals surface area contributed by atoms with Gasteiger partial charge in [-0.15, -0.1) is 94.1 Å². The maximum Gasteiger partial charge on any atom is 0.0717 e. The van der Waals surface area contributed by atoms with Crippen LogP contribution in [-0.2, 0) is 11.5 Å². The van der Waals surface area contributed by atoms with Crippen LogP contribution in [0.15, 0.2) is 69.0 Å². The smallest absolute Gasteiger partial charge is 0.0717 e. The molecule has 1 aromatic rings. The molecule has 7 aliphatic heterocycles. The van der Waals surface area contributed by atoms with Crippen molar-refractivity contribution in [1.29, 1.82) is 0 Å². The standard InChI is InChI=1S/C26H21NS16/c1-3-13-11-34-21-19(40-25(42-21)23-36-15-16(37-23)31-8-7-30-15)28-5-2-6-29-20-22(35-12-14(4-1)27-13)43-26(41-20)24-38-17-18(39-24)33-10-9-32-17/h1,3-4H,2,5-12H2. The van der Waals surface area contributed by atoms with Gasteiger partial charge in [0.05, 0.1) is 62.2 Å². The zero-order valence-corrected chi connectivity index (χ0v) is 35.1. The average molecular weight is 861 g/mol. The van der Waals surface area contributed by atoms with E-state index in [4.69, 9.17) is 4.98 Å². The molecule has 0 radical (unpaired) electrons. The Morgan fingerprint density at radius 1 is 0.349 bits per heavy atom. The number of aromatic nitrogens is 1. The lowest BCUT2D eigenvalue weighted by atomic mass is 10.3. The fraction of sp³-hybridized carbons (Fsp3) is 0.346. The normalized spacial score (nSPS) is 25.6. The second kappa shape index (κ2) is 16.0. The van der Waals surface area contributed by atoms with E-state index in [-0.39, 0.29) is 0 Å². The average Bonchev–Trinajstić information content (AvgIpc) is 3.82. The summed E-state index contributed by atoms with van der Waals surface area (Å²) in [4.78, 5) is 5.12. The molecule has 0 aliphatic carbocycles. The number of pyridine rings is 1. The van der Waals surface area contributed by atoms with Crippen molar-refractivity contribution >= 4 is 188 Å². The molecule has 8 rings (SSSR count). The minimum atomic E-state index is 0.932. The van der Waals surface area contributed by atoms with Crippen LogP contribution in [0.1, 0.15) is 17.8 Å². The summed E-state index contributed by atoms with van der Waals surface area (Å²) < 4.78 is 18.1. The Morgan fingerprint density at radius 3 is 1.00 bits per heavy atom. The largest absolute Gasteiger partial charge is 0.256 e. The Hall–Kier alpha value is 3.19. The number of thioether (sulfide) groups is 16. The van der Waals surface area contributed by atoms with Crippen molar-refractivity contribution in [2.75, 3.05) is 34.5 Å². The molecule has 0 saturated carbocycles. The zero-order valence-electron chi connectivity index (χ0n) is 22.1. The molecule has 0 amide bonds. The SMILES string of the molecule is c1cc2nc(c1)CSC1=C(SCCCSC3=C(SC2)SC(=C2SC4=C(SCCS4)S2)S3)SC(=C2SC3=C(SCCS3)S2)S1. The van der Waals surface area contributed by atoms with Gasteiger partial charge in [0.15, 0.2) is 0 Å². The molecular weight excluding hydrogens is 839 g/mol. The lowest BCUT2D eigenvalue weighted by Crippen LogP contribution is -1.93. The lowest BCUT2D eigenvalue weighted by molar-refractivity contribution is 1.09. The van der Waals surface area contributed by atoms with Crippen molar-refractivity contribution in [1.82, 2.24) is 4.98 Å². The minimum Gasteiger partial charge on any atom is -0.256 e. The molecule has 1 aromatic heterocycles. The zero-order chi connectivity index (χ0) is 28.6. The van der Waals surface area contributed by atoms with Crippen molar-refractivity contribution in [3.05, 3.63) is 80.4 Å². The molecule has 0 aromatic carbocycles. The summed E-state index contributed by atoms with van der Waals surface area (Å²) in [6.07, 6.45) is 1.23. The van der Waals surface area contributed by atoms with E-state index >= 15 is 0 Å². The quantitative estimate of drug-likeness (QED) is 0.245. The van der Waals surface area contributed by atoms with Gasteiger partial charge >= 0.3 is 0 Å². The van der Waals surface area contributed by atoms with Crippen LogP contribution in [-0.4, -0.2) is 39.5 Å². The minimum absolute atomic E-state index is 0.932. The Bertz CT molecular complexity index is 1370. The number of hydrogen-bond acceptors (Lipinski definition) is 17. The summed E-state index contributed by atoms with van der Waals surface area (Å²) in [5.74, 6) is 9.19. The van der Waals surface area contributed by atoms with Crippen LogP contribution >= 0.6 is 188 Å². The van der Waals surface area contributed by atoms with Gasteiger partial charge in [-0.2, -0.15) is 0 Å². The van der Waals surface area contributed by atoms with Crippen molar-refractivity contribution in [3.63, 3.8) is 0 Å². The summed E-state index contributed by atoms with van der Waals surface area (Å²) in [5.41, 5.74) is 2.39. The molecule has 2 bridgehead atoms. The summed E-state index contributed by atoms with van der Waals surface area (Å²) in [6, 6.07) is 6.63. The second-order valence-corrected chi connectivity index (χ2v) is 28.8. The van der Waals surface area contributed by atoms with E-state index in [0.717, 1.165) is 11.5 Å². The Morgan fingerprint density at radius 2 is 0.651 bits per heavy atom. The van der Waals surface area contributed by atoms with Gasteiger partial charge in [-0.3, -0.25) is 4.98 Å².